The van der Waals surface area contributed by atoms with Crippen molar-refractivity contribution in [2.75, 3.05) is 0 Å². The van der Waals surface area contributed by atoms with Crippen molar-refractivity contribution in [1.82, 2.24) is 15.6 Å². The molecule has 7 heteroatoms. The summed E-state index contributed by atoms with van der Waals surface area (Å²) in [6, 6.07) is 8.17. The summed E-state index contributed by atoms with van der Waals surface area (Å²) in [5.74, 6) is 0.149. The fraction of sp³-hybridized carbons (Fsp3) is 0.333. The summed E-state index contributed by atoms with van der Waals surface area (Å²) in [6.45, 7) is -2.45. The molecule has 0 saturated carbocycles. The van der Waals surface area contributed by atoms with Crippen LogP contribution in [0.3, 0.4) is 0 Å². The highest BCUT2D eigenvalue weighted by Gasteiger charge is 2.22. The highest BCUT2D eigenvalue weighted by atomic mass is 19.3. The molecule has 0 saturated heterocycles. The van der Waals surface area contributed by atoms with Gasteiger partial charge >= 0.3 is 12.6 Å². The van der Waals surface area contributed by atoms with Crippen molar-refractivity contribution in [1.29, 1.82) is 0 Å². The largest absolute Gasteiger partial charge is 0.435 e. The molecular formula is C18H19F2N3O2. The number of fused-ring (bicyclic) bond motifs is 1. The molecule has 2 aromatic rings. The smallest absolute Gasteiger partial charge is 0.387 e. The van der Waals surface area contributed by atoms with E-state index in [9.17, 15) is 13.6 Å². The molecule has 0 aliphatic heterocycles. The fourth-order valence-electron chi connectivity index (χ4n) is 3.01. The van der Waals surface area contributed by atoms with Crippen LogP contribution in [0.4, 0.5) is 13.6 Å². The van der Waals surface area contributed by atoms with Gasteiger partial charge in [-0.05, 0) is 54.2 Å². The van der Waals surface area contributed by atoms with Gasteiger partial charge in [0, 0.05) is 18.9 Å². The van der Waals surface area contributed by atoms with Crippen molar-refractivity contribution >= 4 is 6.03 Å². The van der Waals surface area contributed by atoms with E-state index in [2.05, 4.69) is 20.4 Å². The molecule has 0 fully saturated rings. The number of nitrogens with zero attached hydrogens (tertiary/aromatic N) is 1. The van der Waals surface area contributed by atoms with Crippen molar-refractivity contribution in [2.24, 2.45) is 0 Å². The van der Waals surface area contributed by atoms with Crippen molar-refractivity contribution in [3.63, 3.8) is 0 Å². The Hall–Kier alpha value is -2.70. The van der Waals surface area contributed by atoms with E-state index in [1.54, 1.807) is 24.5 Å². The van der Waals surface area contributed by atoms with E-state index in [1.165, 1.54) is 6.07 Å². The average Bonchev–Trinajstić information content (AvgIpc) is 2.60. The van der Waals surface area contributed by atoms with Crippen LogP contribution in [0.1, 0.15) is 35.6 Å². The molecule has 1 atom stereocenters. The second-order valence-electron chi connectivity index (χ2n) is 5.87. The lowest BCUT2D eigenvalue weighted by Crippen LogP contribution is -2.38. The van der Waals surface area contributed by atoms with E-state index in [0.29, 0.717) is 6.54 Å². The van der Waals surface area contributed by atoms with Gasteiger partial charge in [-0.25, -0.2) is 4.79 Å². The lowest BCUT2D eigenvalue weighted by atomic mass is 9.87. The standard InChI is InChI=1S/C18H19F2N3O2/c19-17(20)25-14-6-7-15-13(9-14)4-1-5-16(15)23-18(24)22-11-12-3-2-8-21-10-12/h2-3,6-10,16-17H,1,4-5,11H2,(H2,22,23,24)/t16-/m0/s1. The fourth-order valence-corrected chi connectivity index (χ4v) is 3.01. The number of aromatic nitrogens is 1. The third-order valence-electron chi connectivity index (χ3n) is 4.14. The second-order valence-corrected chi connectivity index (χ2v) is 5.87. The second kappa shape index (κ2) is 7.92. The van der Waals surface area contributed by atoms with Gasteiger partial charge in [0.2, 0.25) is 0 Å². The zero-order valence-corrected chi connectivity index (χ0v) is 13.5. The molecule has 0 unspecified atom stereocenters. The SMILES string of the molecule is O=C(NCc1cccnc1)N[C@H]1CCCc2cc(OC(F)F)ccc21. The number of halogens is 2. The van der Waals surface area contributed by atoms with Crippen molar-refractivity contribution < 1.29 is 18.3 Å². The third kappa shape index (κ3) is 4.65. The first-order valence-electron chi connectivity index (χ1n) is 8.13. The van der Waals surface area contributed by atoms with Crippen molar-refractivity contribution in [2.45, 2.75) is 38.5 Å². The molecule has 0 spiro atoms. The first kappa shape index (κ1) is 17.1. The first-order chi connectivity index (χ1) is 12.1. The minimum absolute atomic E-state index is 0.141. The minimum atomic E-state index is -2.84. The number of benzene rings is 1. The normalized spacial score (nSPS) is 16.2. The predicted octanol–water partition coefficient (Wildman–Crippen LogP) is 3.56. The Morgan fingerprint density at radius 2 is 2.24 bits per heavy atom. The van der Waals surface area contributed by atoms with Gasteiger partial charge in [0.05, 0.1) is 6.04 Å². The van der Waals surface area contributed by atoms with Gasteiger partial charge in [-0.1, -0.05) is 12.1 Å². The molecule has 3 rings (SSSR count). The van der Waals surface area contributed by atoms with E-state index in [0.717, 1.165) is 36.0 Å². The van der Waals surface area contributed by atoms with Gasteiger partial charge in [-0.2, -0.15) is 8.78 Å². The van der Waals surface area contributed by atoms with Crippen LogP contribution in [0.25, 0.3) is 0 Å². The van der Waals surface area contributed by atoms with E-state index in [-0.39, 0.29) is 17.8 Å². The number of carbonyl (C=O) groups excluding carboxylic acids is 1. The quantitative estimate of drug-likeness (QED) is 0.869. The van der Waals surface area contributed by atoms with Gasteiger partial charge in [0.25, 0.3) is 0 Å². The summed E-state index contributed by atoms with van der Waals surface area (Å²) in [7, 11) is 0. The Morgan fingerprint density at radius 1 is 1.36 bits per heavy atom. The molecule has 5 nitrogen and oxygen atoms in total. The Balaban J connectivity index is 1.61. The molecule has 1 aliphatic carbocycles. The van der Waals surface area contributed by atoms with E-state index in [1.807, 2.05) is 12.1 Å². The van der Waals surface area contributed by atoms with Gasteiger partial charge in [0.1, 0.15) is 5.75 Å². The van der Waals surface area contributed by atoms with Crippen molar-refractivity contribution in [3.05, 3.63) is 59.4 Å². The molecule has 1 aromatic heterocycles. The maximum atomic E-state index is 12.3. The summed E-state index contributed by atoms with van der Waals surface area (Å²) in [5, 5.41) is 5.75. The molecule has 0 bridgehead atoms. The summed E-state index contributed by atoms with van der Waals surface area (Å²) < 4.78 is 29.1. The number of amides is 2. The number of alkyl halides is 2. The number of rotatable bonds is 5. The number of carbonyl (C=O) groups is 1. The van der Waals surface area contributed by atoms with E-state index >= 15 is 0 Å². The Kier molecular flexibility index (Phi) is 5.42. The topological polar surface area (TPSA) is 63.2 Å². The number of aryl methyl sites for hydroxylation is 1. The van der Waals surface area contributed by atoms with Crippen LogP contribution in [0.15, 0.2) is 42.7 Å². The van der Waals surface area contributed by atoms with Crippen LogP contribution in [0.5, 0.6) is 5.75 Å². The van der Waals surface area contributed by atoms with Crippen LogP contribution in [0.2, 0.25) is 0 Å². The van der Waals surface area contributed by atoms with Gasteiger partial charge in [-0.15, -0.1) is 0 Å². The lowest BCUT2D eigenvalue weighted by molar-refractivity contribution is -0.0499. The molecule has 2 amide bonds. The van der Waals surface area contributed by atoms with Crippen LogP contribution in [-0.2, 0) is 13.0 Å². The lowest BCUT2D eigenvalue weighted by Gasteiger charge is -2.27. The first-order valence-corrected chi connectivity index (χ1v) is 8.13. The zero-order chi connectivity index (χ0) is 17.6. The Bertz CT molecular complexity index is 726. The van der Waals surface area contributed by atoms with Crippen LogP contribution < -0.4 is 15.4 Å². The molecule has 1 aliphatic rings. The predicted molar refractivity (Wildman–Crippen MR) is 88.4 cm³/mol. The Morgan fingerprint density at radius 3 is 3.00 bits per heavy atom. The molecule has 1 aromatic carbocycles. The van der Waals surface area contributed by atoms with Crippen LogP contribution in [-0.4, -0.2) is 17.6 Å². The van der Waals surface area contributed by atoms with Gasteiger partial charge < -0.3 is 15.4 Å². The monoisotopic (exact) mass is 347 g/mol. The van der Waals surface area contributed by atoms with E-state index in [4.69, 9.17) is 0 Å². The van der Waals surface area contributed by atoms with Gasteiger partial charge in [-0.3, -0.25) is 4.98 Å². The summed E-state index contributed by atoms with van der Waals surface area (Å²) in [4.78, 5) is 16.1. The maximum Gasteiger partial charge on any atom is 0.387 e. The third-order valence-corrected chi connectivity index (χ3v) is 4.14. The highest BCUT2D eigenvalue weighted by molar-refractivity contribution is 5.74. The zero-order valence-electron chi connectivity index (χ0n) is 13.5. The van der Waals surface area contributed by atoms with Crippen molar-refractivity contribution in [3.8, 4) is 5.75 Å². The highest BCUT2D eigenvalue weighted by Crippen LogP contribution is 2.32. The summed E-state index contributed by atoms with van der Waals surface area (Å²) in [6.07, 6.45) is 5.83. The van der Waals surface area contributed by atoms with Gasteiger partial charge in [0.15, 0.2) is 0 Å². The average molecular weight is 347 g/mol. The molecule has 132 valence electrons. The summed E-state index contributed by atoms with van der Waals surface area (Å²) in [5.41, 5.74) is 2.79. The van der Waals surface area contributed by atoms with Crippen LogP contribution in [0, 0.1) is 0 Å². The molecule has 0 radical (unpaired) electrons. The summed E-state index contributed by atoms with van der Waals surface area (Å²) >= 11 is 0. The van der Waals surface area contributed by atoms with Crippen LogP contribution >= 0.6 is 0 Å². The molecule has 2 N–H and O–H groups in total. The minimum Gasteiger partial charge on any atom is -0.435 e. The number of nitrogens with one attached hydrogen (secondary N) is 2. The number of ether oxygens (including phenoxy) is 1. The molecule has 1 heterocycles. The number of urea groups is 1. The number of hydrogen-bond acceptors (Lipinski definition) is 3. The number of hydrogen-bond donors (Lipinski definition) is 2. The maximum absolute atomic E-state index is 12.3. The van der Waals surface area contributed by atoms with E-state index < -0.39 is 6.61 Å². The number of pyridine rings is 1. The Labute approximate surface area is 144 Å². The molecule has 25 heavy (non-hydrogen) atoms. The molecular weight excluding hydrogens is 328 g/mol.